The van der Waals surface area contributed by atoms with Crippen molar-refractivity contribution in [2.45, 2.75) is 64.5 Å². The van der Waals surface area contributed by atoms with E-state index in [4.69, 9.17) is 9.15 Å². The van der Waals surface area contributed by atoms with Crippen molar-refractivity contribution in [3.63, 3.8) is 0 Å². The number of hydrogen-bond acceptors (Lipinski definition) is 5. The zero-order chi connectivity index (χ0) is 21.6. The van der Waals surface area contributed by atoms with E-state index >= 15 is 0 Å². The van der Waals surface area contributed by atoms with Crippen molar-refractivity contribution in [2.24, 2.45) is 0 Å². The van der Waals surface area contributed by atoms with E-state index in [1.807, 2.05) is 31.2 Å². The van der Waals surface area contributed by atoms with Crippen LogP contribution in [0.5, 0.6) is 0 Å². The molecule has 164 valence electrons. The van der Waals surface area contributed by atoms with E-state index in [0.717, 1.165) is 32.1 Å². The Morgan fingerprint density at radius 1 is 1.19 bits per heavy atom. The lowest BCUT2D eigenvalue weighted by atomic mass is 9.97. The maximum atomic E-state index is 12.5. The minimum absolute atomic E-state index is 0.00123. The number of anilines is 1. The molecule has 1 unspecified atom stereocenters. The maximum Gasteiger partial charge on any atom is 0.253 e. The minimum atomic E-state index is -0.413. The van der Waals surface area contributed by atoms with Crippen LogP contribution in [0.1, 0.15) is 56.4 Å². The van der Waals surface area contributed by atoms with E-state index in [9.17, 15) is 9.59 Å². The quantitative estimate of drug-likeness (QED) is 0.649. The smallest absolute Gasteiger partial charge is 0.253 e. The van der Waals surface area contributed by atoms with Crippen LogP contribution in [0.25, 0.3) is 11.5 Å². The monoisotopic (exact) mass is 423 g/mol. The zero-order valence-electron chi connectivity index (χ0n) is 17.9. The molecule has 0 bridgehead atoms. The molecule has 2 heterocycles. The lowest BCUT2D eigenvalue weighted by molar-refractivity contribution is -0.124. The van der Waals surface area contributed by atoms with E-state index in [0.29, 0.717) is 48.2 Å². The van der Waals surface area contributed by atoms with Crippen LogP contribution in [0.2, 0.25) is 0 Å². The van der Waals surface area contributed by atoms with Crippen molar-refractivity contribution in [2.75, 3.05) is 11.9 Å². The van der Waals surface area contributed by atoms with Gasteiger partial charge in [0.15, 0.2) is 0 Å². The van der Waals surface area contributed by atoms with Gasteiger partial charge in [0.2, 0.25) is 11.8 Å². The molecule has 1 aromatic heterocycles. The Kier molecular flexibility index (Phi) is 6.82. The molecule has 2 aromatic rings. The van der Waals surface area contributed by atoms with Gasteiger partial charge < -0.3 is 19.8 Å². The van der Waals surface area contributed by atoms with E-state index in [2.05, 4.69) is 21.7 Å². The average Bonchev–Trinajstić information content (AvgIpc) is 3.44. The summed E-state index contributed by atoms with van der Waals surface area (Å²) in [5.41, 5.74) is 3.23. The van der Waals surface area contributed by atoms with Crippen molar-refractivity contribution in [1.29, 1.82) is 0 Å². The lowest BCUT2D eigenvalue weighted by Crippen LogP contribution is -2.27. The summed E-state index contributed by atoms with van der Waals surface area (Å²) in [5, 5.41) is 5.88. The summed E-state index contributed by atoms with van der Waals surface area (Å²) < 4.78 is 11.3. The lowest BCUT2D eigenvalue weighted by Gasteiger charge is -2.12. The maximum absolute atomic E-state index is 12.5. The van der Waals surface area contributed by atoms with Crippen LogP contribution in [0.4, 0.5) is 5.69 Å². The van der Waals surface area contributed by atoms with Gasteiger partial charge in [0.25, 0.3) is 5.91 Å². The Balaban J connectivity index is 1.42. The SMILES string of the molecule is Cc1oc(-c2ccccc2NC(=O)C2CCCO2)nc1CNC(=O)CC1=CCCCC1. The number of nitrogens with one attached hydrogen (secondary N) is 2. The molecule has 2 aliphatic rings. The third-order valence-corrected chi connectivity index (χ3v) is 5.76. The Morgan fingerprint density at radius 3 is 2.84 bits per heavy atom. The van der Waals surface area contributed by atoms with Crippen LogP contribution in [-0.4, -0.2) is 29.5 Å². The molecule has 7 heteroatoms. The molecule has 1 aliphatic carbocycles. The first-order chi connectivity index (χ1) is 15.1. The number of allylic oxidation sites excluding steroid dienone is 1. The molecule has 2 amide bonds. The molecule has 1 aliphatic heterocycles. The first-order valence-corrected chi connectivity index (χ1v) is 11.0. The van der Waals surface area contributed by atoms with Gasteiger partial charge in [-0.15, -0.1) is 0 Å². The number of carbonyl (C=O) groups is 2. The molecule has 4 rings (SSSR count). The Morgan fingerprint density at radius 2 is 2.06 bits per heavy atom. The van der Waals surface area contributed by atoms with Crippen molar-refractivity contribution < 1.29 is 18.7 Å². The molecule has 1 aromatic carbocycles. The number of oxazole rings is 1. The first-order valence-electron chi connectivity index (χ1n) is 11.0. The number of amides is 2. The summed E-state index contributed by atoms with van der Waals surface area (Å²) in [4.78, 5) is 29.4. The fraction of sp³-hybridized carbons (Fsp3) is 0.458. The molecule has 31 heavy (non-hydrogen) atoms. The highest BCUT2D eigenvalue weighted by molar-refractivity contribution is 5.97. The van der Waals surface area contributed by atoms with Crippen molar-refractivity contribution in [3.8, 4) is 11.5 Å². The Labute approximate surface area is 182 Å². The number of rotatable bonds is 7. The summed E-state index contributed by atoms with van der Waals surface area (Å²) in [5.74, 6) is 0.909. The van der Waals surface area contributed by atoms with E-state index in [1.165, 1.54) is 12.0 Å². The van der Waals surface area contributed by atoms with Gasteiger partial charge in [-0.05, 0) is 57.6 Å². The number of carbonyl (C=O) groups excluding carboxylic acids is 2. The molecule has 0 saturated carbocycles. The molecule has 7 nitrogen and oxygen atoms in total. The third-order valence-electron chi connectivity index (χ3n) is 5.76. The molecule has 0 spiro atoms. The summed E-state index contributed by atoms with van der Waals surface area (Å²) in [6.45, 7) is 2.76. The molecule has 1 fully saturated rings. The normalized spacial score (nSPS) is 18.5. The van der Waals surface area contributed by atoms with Crippen LogP contribution < -0.4 is 10.6 Å². The summed E-state index contributed by atoms with van der Waals surface area (Å²) in [6, 6.07) is 7.40. The summed E-state index contributed by atoms with van der Waals surface area (Å²) >= 11 is 0. The molecule has 0 radical (unpaired) electrons. The van der Waals surface area contributed by atoms with Crippen molar-refractivity contribution >= 4 is 17.5 Å². The largest absolute Gasteiger partial charge is 0.441 e. The Hall–Kier alpha value is -2.93. The number of para-hydroxylation sites is 1. The molecule has 2 N–H and O–H groups in total. The number of benzene rings is 1. The van der Waals surface area contributed by atoms with Crippen LogP contribution in [0.3, 0.4) is 0 Å². The Bertz CT molecular complexity index is 973. The minimum Gasteiger partial charge on any atom is -0.441 e. The van der Waals surface area contributed by atoms with Gasteiger partial charge in [-0.2, -0.15) is 0 Å². The van der Waals surface area contributed by atoms with Gasteiger partial charge in [0, 0.05) is 13.0 Å². The zero-order valence-corrected chi connectivity index (χ0v) is 17.9. The molecule has 1 saturated heterocycles. The second kappa shape index (κ2) is 9.92. The van der Waals surface area contributed by atoms with Crippen LogP contribution in [0.15, 0.2) is 40.3 Å². The van der Waals surface area contributed by atoms with Gasteiger partial charge in [-0.1, -0.05) is 23.8 Å². The summed E-state index contributed by atoms with van der Waals surface area (Å²) in [7, 11) is 0. The number of nitrogens with zero attached hydrogens (tertiary/aromatic N) is 1. The highest BCUT2D eigenvalue weighted by Crippen LogP contribution is 2.29. The number of hydrogen-bond donors (Lipinski definition) is 2. The van der Waals surface area contributed by atoms with Crippen molar-refractivity contribution in [1.82, 2.24) is 10.3 Å². The van der Waals surface area contributed by atoms with Gasteiger partial charge in [-0.25, -0.2) is 4.98 Å². The standard InChI is InChI=1S/C24H29N3O4/c1-16-20(15-25-22(28)14-17-8-3-2-4-9-17)27-24(31-16)18-10-5-6-11-19(18)26-23(29)21-12-7-13-30-21/h5-6,8,10-11,21H,2-4,7,9,12-15H2,1H3,(H,25,28)(H,26,29). The van der Waals surface area contributed by atoms with E-state index < -0.39 is 6.10 Å². The third kappa shape index (κ3) is 5.41. The van der Waals surface area contributed by atoms with E-state index in [1.54, 1.807) is 0 Å². The molecular weight excluding hydrogens is 394 g/mol. The fourth-order valence-electron chi connectivity index (χ4n) is 4.00. The van der Waals surface area contributed by atoms with Crippen molar-refractivity contribution in [3.05, 3.63) is 47.4 Å². The van der Waals surface area contributed by atoms with Gasteiger partial charge in [-0.3, -0.25) is 9.59 Å². The average molecular weight is 424 g/mol. The number of aryl methyl sites for hydroxylation is 1. The van der Waals surface area contributed by atoms with Gasteiger partial charge >= 0.3 is 0 Å². The first kappa shape index (κ1) is 21.3. The highest BCUT2D eigenvalue weighted by Gasteiger charge is 2.25. The van der Waals surface area contributed by atoms with Crippen LogP contribution >= 0.6 is 0 Å². The number of aromatic nitrogens is 1. The van der Waals surface area contributed by atoms with Gasteiger partial charge in [0.1, 0.15) is 17.6 Å². The highest BCUT2D eigenvalue weighted by atomic mass is 16.5. The predicted octanol–water partition coefficient (Wildman–Crippen LogP) is 4.27. The van der Waals surface area contributed by atoms with Crippen LogP contribution in [0, 0.1) is 6.92 Å². The van der Waals surface area contributed by atoms with Crippen LogP contribution in [-0.2, 0) is 20.9 Å². The number of ether oxygens (including phenoxy) is 1. The fourth-order valence-corrected chi connectivity index (χ4v) is 4.00. The van der Waals surface area contributed by atoms with Gasteiger partial charge in [0.05, 0.1) is 17.8 Å². The molecular formula is C24H29N3O4. The second-order valence-corrected chi connectivity index (χ2v) is 8.12. The topological polar surface area (TPSA) is 93.5 Å². The predicted molar refractivity (Wildman–Crippen MR) is 117 cm³/mol. The second-order valence-electron chi connectivity index (χ2n) is 8.12. The summed E-state index contributed by atoms with van der Waals surface area (Å²) in [6.07, 6.45) is 8.29. The molecule has 1 atom stereocenters. The van der Waals surface area contributed by atoms with E-state index in [-0.39, 0.29) is 11.8 Å².